The van der Waals surface area contributed by atoms with E-state index >= 15 is 0 Å². The molecule has 1 aromatic carbocycles. The van der Waals surface area contributed by atoms with Gasteiger partial charge in [-0.3, -0.25) is 33.7 Å². The number of rotatable bonds is 31. The summed E-state index contributed by atoms with van der Waals surface area (Å²) in [5.41, 5.74) is 0.652. The van der Waals surface area contributed by atoms with Crippen molar-refractivity contribution in [2.45, 2.75) is 59.8 Å². The summed E-state index contributed by atoms with van der Waals surface area (Å²) in [6.45, 7) is 13.0. The summed E-state index contributed by atoms with van der Waals surface area (Å²) in [6.07, 6.45) is 1.49. The minimum atomic E-state index is -0.684. The Morgan fingerprint density at radius 3 is 1.92 bits per heavy atom. The van der Waals surface area contributed by atoms with E-state index in [1.54, 1.807) is 36.6 Å². The molecule has 1 aromatic heterocycles. The molecule has 1 aliphatic rings. The van der Waals surface area contributed by atoms with Crippen LogP contribution in [0.4, 0.5) is 0 Å². The summed E-state index contributed by atoms with van der Waals surface area (Å²) in [5.74, 6) is -1.39. The first kappa shape index (κ1) is 50.8. The number of imide groups is 1. The maximum absolute atomic E-state index is 13.4. The van der Waals surface area contributed by atoms with Crippen molar-refractivity contribution in [2.75, 3.05) is 98.1 Å². The summed E-state index contributed by atoms with van der Waals surface area (Å²) in [4.78, 5) is 88.5. The molecule has 0 bridgehead atoms. The molecule has 2 aromatic rings. The maximum Gasteiger partial charge on any atom is 0.340 e. The Labute approximate surface area is 361 Å². The number of hydrogen-bond acceptors (Lipinski definition) is 15. The van der Waals surface area contributed by atoms with Gasteiger partial charge in [-0.25, -0.2) is 4.79 Å². The number of carbonyl (C=O) groups excluding carboxylic acids is 7. The van der Waals surface area contributed by atoms with Gasteiger partial charge in [-0.2, -0.15) is 0 Å². The van der Waals surface area contributed by atoms with E-state index in [0.29, 0.717) is 41.6 Å². The highest BCUT2D eigenvalue weighted by atomic mass is 32.2. The van der Waals surface area contributed by atoms with Crippen LogP contribution in [0.25, 0.3) is 10.9 Å². The van der Waals surface area contributed by atoms with E-state index in [9.17, 15) is 33.6 Å². The van der Waals surface area contributed by atoms with Crippen LogP contribution in [0.3, 0.4) is 0 Å². The van der Waals surface area contributed by atoms with E-state index in [2.05, 4.69) is 10.6 Å². The molecular weight excluding hydrogens is 817 g/mol. The monoisotopic (exact) mass is 878 g/mol. The van der Waals surface area contributed by atoms with Crippen LogP contribution in [0, 0.1) is 17.8 Å². The molecule has 18 nitrogen and oxygen atoms in total. The summed E-state index contributed by atoms with van der Waals surface area (Å²) in [7, 11) is 0. The Hall–Kier alpha value is -4.56. The van der Waals surface area contributed by atoms with Crippen molar-refractivity contribution in [2.24, 2.45) is 17.8 Å². The van der Waals surface area contributed by atoms with Gasteiger partial charge in [0.1, 0.15) is 51.1 Å². The molecule has 1 aliphatic heterocycles. The molecule has 19 heteroatoms. The molecule has 0 spiro atoms. The van der Waals surface area contributed by atoms with E-state index < -0.39 is 17.2 Å². The molecule has 3 rings (SSSR count). The molecule has 0 aliphatic carbocycles. The highest BCUT2D eigenvalue weighted by molar-refractivity contribution is 8.01. The van der Waals surface area contributed by atoms with Crippen LogP contribution < -0.4 is 15.4 Å². The Morgan fingerprint density at radius 1 is 0.754 bits per heavy atom. The molecule has 2 heterocycles. The molecule has 4 amide bonds. The minimum Gasteiger partial charge on any atom is -0.492 e. The molecule has 1 atom stereocenters. The maximum atomic E-state index is 13.4. The van der Waals surface area contributed by atoms with Gasteiger partial charge >= 0.3 is 11.9 Å². The van der Waals surface area contributed by atoms with Crippen molar-refractivity contribution in [1.82, 2.24) is 20.1 Å². The molecule has 340 valence electrons. The van der Waals surface area contributed by atoms with Gasteiger partial charge in [-0.05, 0) is 30.0 Å². The third-order valence-corrected chi connectivity index (χ3v) is 10.0. The molecule has 2 N–H and O–H groups in total. The third kappa shape index (κ3) is 18.9. The normalized spacial score (nSPS) is 14.0. The van der Waals surface area contributed by atoms with Crippen molar-refractivity contribution in [1.29, 1.82) is 0 Å². The zero-order valence-electron chi connectivity index (χ0n) is 36.2. The number of Topliss-reactive ketones (excluding diaryl/α,β-unsaturated/α-hetero) is 1. The number of carbonyl (C=O) groups is 7. The third-order valence-electron chi connectivity index (χ3n) is 8.81. The van der Waals surface area contributed by atoms with Gasteiger partial charge in [-0.15, -0.1) is 11.8 Å². The average Bonchev–Trinajstić information content (AvgIpc) is 3.71. The number of ketones is 1. The average molecular weight is 879 g/mol. The number of fused-ring (bicyclic) bond motifs is 1. The molecule has 0 saturated carbocycles. The van der Waals surface area contributed by atoms with Gasteiger partial charge in [0, 0.05) is 42.5 Å². The molecule has 0 radical (unpaired) electrons. The molecule has 61 heavy (non-hydrogen) atoms. The van der Waals surface area contributed by atoms with E-state index in [4.69, 9.17) is 33.2 Å². The molecule has 1 saturated heterocycles. The van der Waals surface area contributed by atoms with Crippen LogP contribution in [0.15, 0.2) is 24.4 Å². The summed E-state index contributed by atoms with van der Waals surface area (Å²) < 4.78 is 39.8. The quantitative estimate of drug-likeness (QED) is 0.0632. The van der Waals surface area contributed by atoms with Crippen LogP contribution in [-0.4, -0.2) is 154 Å². The zero-order chi connectivity index (χ0) is 44.7. The highest BCUT2D eigenvalue weighted by Crippen LogP contribution is 2.28. The lowest BCUT2D eigenvalue weighted by molar-refractivity contribution is -0.146. The lowest BCUT2D eigenvalue weighted by Gasteiger charge is -2.15. The number of hydrogen-bond donors (Lipinski definition) is 2. The molecular formula is C42H62N4O14S. The number of thioether (sulfide) groups is 1. The first-order chi connectivity index (χ1) is 29.2. The fraction of sp³-hybridized carbons (Fsp3) is 0.643. The van der Waals surface area contributed by atoms with E-state index in [1.807, 2.05) is 27.7 Å². The van der Waals surface area contributed by atoms with Gasteiger partial charge in [0.2, 0.25) is 23.6 Å². The smallest absolute Gasteiger partial charge is 0.340 e. The van der Waals surface area contributed by atoms with Crippen molar-refractivity contribution in [3.8, 4) is 5.75 Å². The van der Waals surface area contributed by atoms with Gasteiger partial charge in [-0.1, -0.05) is 41.5 Å². The topological polar surface area (TPSA) is 216 Å². The van der Waals surface area contributed by atoms with Gasteiger partial charge < -0.3 is 48.4 Å². The van der Waals surface area contributed by atoms with Gasteiger partial charge in [0.05, 0.1) is 62.8 Å². The number of nitrogens with zero attached hydrogens (tertiary/aromatic N) is 2. The fourth-order valence-corrected chi connectivity index (χ4v) is 6.69. The summed E-state index contributed by atoms with van der Waals surface area (Å²) in [6, 6.07) is 4.90. The first-order valence-corrected chi connectivity index (χ1v) is 21.6. The fourth-order valence-electron chi connectivity index (χ4n) is 5.46. The number of aromatic nitrogens is 1. The van der Waals surface area contributed by atoms with Crippen LogP contribution >= 0.6 is 11.8 Å². The van der Waals surface area contributed by atoms with E-state index in [1.165, 1.54) is 18.0 Å². The Balaban J connectivity index is 1.55. The van der Waals surface area contributed by atoms with E-state index in [-0.39, 0.29) is 139 Å². The predicted molar refractivity (Wildman–Crippen MR) is 225 cm³/mol. The SMILES string of the molecule is CC(C)CNC(=O)COCCOCCOC(=O)Cn1cc(C(=O)OCCOCCOCC(=O)NCC(C)C)c2cc(OCCN3C(=O)CC(SCC(=O)C(C)C)C3=O)ccc21. The largest absolute Gasteiger partial charge is 0.492 e. The number of nitrogens with one attached hydrogen (secondary N) is 2. The van der Waals surface area contributed by atoms with Crippen molar-refractivity contribution < 1.29 is 66.7 Å². The second-order valence-electron chi connectivity index (χ2n) is 15.3. The summed E-state index contributed by atoms with van der Waals surface area (Å²) in [5, 5.41) is 5.32. The van der Waals surface area contributed by atoms with Crippen LogP contribution in [-0.2, 0) is 63.7 Å². The van der Waals surface area contributed by atoms with E-state index in [0.717, 1.165) is 4.90 Å². The molecule has 1 fully saturated rings. The Morgan fingerprint density at radius 2 is 1.33 bits per heavy atom. The number of likely N-dealkylation sites (tertiary alicyclic amines) is 1. The minimum absolute atomic E-state index is 0.00462. The molecule has 1 unspecified atom stereocenters. The number of esters is 2. The first-order valence-electron chi connectivity index (χ1n) is 20.6. The second-order valence-corrected chi connectivity index (χ2v) is 16.5. The number of amides is 4. The van der Waals surface area contributed by atoms with Crippen molar-refractivity contribution >= 4 is 64.0 Å². The Kier molecular flexibility index (Phi) is 22.8. The number of ether oxygens (including phenoxy) is 7. The van der Waals surface area contributed by atoms with Gasteiger partial charge in [0.15, 0.2) is 0 Å². The Bertz CT molecular complexity index is 1760. The van der Waals surface area contributed by atoms with Gasteiger partial charge in [0.25, 0.3) is 0 Å². The van der Waals surface area contributed by atoms with Crippen molar-refractivity contribution in [3.63, 3.8) is 0 Å². The van der Waals surface area contributed by atoms with Crippen LogP contribution in [0.2, 0.25) is 0 Å². The number of benzene rings is 1. The predicted octanol–water partition coefficient (Wildman–Crippen LogP) is 2.42. The second kappa shape index (κ2) is 27.4. The lowest BCUT2D eigenvalue weighted by atomic mass is 10.1. The summed E-state index contributed by atoms with van der Waals surface area (Å²) >= 11 is 1.17. The van der Waals surface area contributed by atoms with Crippen LogP contribution in [0.5, 0.6) is 5.75 Å². The van der Waals surface area contributed by atoms with Crippen LogP contribution in [0.1, 0.15) is 58.3 Å². The van der Waals surface area contributed by atoms with Crippen molar-refractivity contribution in [3.05, 3.63) is 30.0 Å². The highest BCUT2D eigenvalue weighted by Gasteiger charge is 2.39. The zero-order valence-corrected chi connectivity index (χ0v) is 37.0. The standard InChI is InChI=1S/C42H62N4O14S/c1-28(2)21-43-37(48)25-56-13-11-54-15-17-59-40(51)24-45-23-33(42(53)60-18-16-55-12-14-57-26-38(49)44-22-29(3)4)32-19-31(7-8-34(32)45)58-10-9-46-39(50)20-36(41(46)52)61-27-35(47)30(5)6/h7-8,19,23,28-30,36H,9-18,20-22,24-27H2,1-6H3,(H,43,48)(H,44,49). The lowest BCUT2D eigenvalue weighted by Crippen LogP contribution is -2.35.